The van der Waals surface area contributed by atoms with Crippen molar-refractivity contribution in [2.75, 3.05) is 18.3 Å². The third-order valence-electron chi connectivity index (χ3n) is 2.35. The predicted molar refractivity (Wildman–Crippen MR) is 94.5 cm³/mol. The number of nitrogens with zero attached hydrogens (tertiary/aromatic N) is 1. The minimum Gasteiger partial charge on any atom is -0.310 e. The number of rotatable bonds is 7. The Morgan fingerprint density at radius 1 is 0.962 bits per heavy atom. The van der Waals surface area contributed by atoms with Gasteiger partial charge in [-0.05, 0) is 43.9 Å². The van der Waals surface area contributed by atoms with Crippen LogP contribution in [0.25, 0.3) is 0 Å². The Kier molecular flexibility index (Phi) is 7.80. The Labute approximate surface area is 156 Å². The summed E-state index contributed by atoms with van der Waals surface area (Å²) < 4.78 is 90.3. The van der Waals surface area contributed by atoms with E-state index in [9.17, 15) is 26.3 Å². The molecular formula is C13H18BrF6N2O2PSi. The zero-order valence-electron chi connectivity index (χ0n) is 14.1. The average molecular weight is 487 g/mol. The van der Waals surface area contributed by atoms with Gasteiger partial charge in [-0.3, -0.25) is 13.5 Å². The van der Waals surface area contributed by atoms with E-state index in [0.717, 1.165) is 0 Å². The Hall–Kier alpha value is -0.553. The molecule has 1 rings (SSSR count). The molecule has 150 valence electrons. The standard InChI is InChI=1S/C13H18BrF6N2O2PSi/c1-26(2,3)22-25(23-8-12(15,16)17,24-9-13(18,19)20)21-11-6-4-10(14)5-7-11/h4-7,21H,8-9H2,1-3H3. The molecule has 0 unspecified atom stereocenters. The number of alkyl halides is 6. The van der Waals surface area contributed by atoms with Gasteiger partial charge in [-0.15, -0.1) is 0 Å². The van der Waals surface area contributed by atoms with E-state index in [1.54, 1.807) is 31.8 Å². The lowest BCUT2D eigenvalue weighted by atomic mass is 10.3. The molecule has 0 bridgehead atoms. The van der Waals surface area contributed by atoms with Crippen molar-refractivity contribution in [3.05, 3.63) is 28.7 Å². The number of anilines is 1. The third kappa shape index (κ3) is 9.96. The Morgan fingerprint density at radius 2 is 1.38 bits per heavy atom. The fourth-order valence-corrected chi connectivity index (χ4v) is 7.00. The van der Waals surface area contributed by atoms with Crippen molar-refractivity contribution >= 4 is 37.5 Å². The third-order valence-corrected chi connectivity index (χ3v) is 7.83. The molecule has 0 atom stereocenters. The maximum Gasteiger partial charge on any atom is 0.412 e. The molecule has 4 nitrogen and oxygen atoms in total. The maximum atomic E-state index is 12.6. The Balaban J connectivity index is 3.31. The minimum absolute atomic E-state index is 0.230. The van der Waals surface area contributed by atoms with Crippen LogP contribution in [0.15, 0.2) is 33.1 Å². The molecule has 26 heavy (non-hydrogen) atoms. The summed E-state index contributed by atoms with van der Waals surface area (Å²) in [6, 6.07) is 6.07. The molecular weight excluding hydrogens is 469 g/mol. The zero-order valence-corrected chi connectivity index (χ0v) is 17.6. The number of benzene rings is 1. The molecule has 0 heterocycles. The van der Waals surface area contributed by atoms with Gasteiger partial charge in [0.15, 0.2) is 21.4 Å². The normalized spacial score (nSPS) is 13.6. The van der Waals surface area contributed by atoms with Crippen molar-refractivity contribution in [1.82, 2.24) is 0 Å². The lowest BCUT2D eigenvalue weighted by Crippen LogP contribution is -2.25. The average Bonchev–Trinajstić information content (AvgIpc) is 2.42. The van der Waals surface area contributed by atoms with Gasteiger partial charge in [0.05, 0.1) is 0 Å². The predicted octanol–water partition coefficient (Wildman–Crippen LogP) is 6.80. The monoisotopic (exact) mass is 486 g/mol. The van der Waals surface area contributed by atoms with Gasteiger partial charge >= 0.3 is 20.0 Å². The van der Waals surface area contributed by atoms with Crippen LogP contribution in [0.5, 0.6) is 0 Å². The van der Waals surface area contributed by atoms with E-state index >= 15 is 0 Å². The summed E-state index contributed by atoms with van der Waals surface area (Å²) in [6.45, 7) is 1.39. The summed E-state index contributed by atoms with van der Waals surface area (Å²) in [5, 5.41) is 2.54. The summed E-state index contributed by atoms with van der Waals surface area (Å²) in [7, 11) is -6.60. The van der Waals surface area contributed by atoms with E-state index in [0.29, 0.717) is 4.47 Å². The summed E-state index contributed by atoms with van der Waals surface area (Å²) >= 11 is 3.19. The number of halogens is 7. The van der Waals surface area contributed by atoms with Crippen LogP contribution in [-0.4, -0.2) is 33.8 Å². The van der Waals surface area contributed by atoms with Crippen LogP contribution in [-0.2, 0) is 9.05 Å². The molecule has 1 aromatic rings. The fourth-order valence-electron chi connectivity index (χ4n) is 1.59. The van der Waals surface area contributed by atoms with Crippen molar-refractivity contribution in [3.8, 4) is 0 Å². The van der Waals surface area contributed by atoms with Crippen molar-refractivity contribution in [1.29, 1.82) is 0 Å². The van der Waals surface area contributed by atoms with Gasteiger partial charge in [0.2, 0.25) is 0 Å². The van der Waals surface area contributed by atoms with Crippen LogP contribution >= 0.6 is 23.6 Å². The van der Waals surface area contributed by atoms with E-state index in [2.05, 4.69) is 25.4 Å². The van der Waals surface area contributed by atoms with Crippen molar-refractivity contribution in [3.63, 3.8) is 0 Å². The highest BCUT2D eigenvalue weighted by Gasteiger charge is 2.38. The molecule has 1 aromatic carbocycles. The Bertz CT molecular complexity index is 624. The van der Waals surface area contributed by atoms with Gasteiger partial charge < -0.3 is 5.09 Å². The second-order valence-electron chi connectivity index (χ2n) is 6.19. The van der Waals surface area contributed by atoms with Gasteiger partial charge in [-0.2, -0.15) is 26.3 Å². The summed E-state index contributed by atoms with van der Waals surface area (Å²) in [6.07, 6.45) is -9.49. The highest BCUT2D eigenvalue weighted by molar-refractivity contribution is 9.10. The molecule has 0 aliphatic heterocycles. The van der Waals surface area contributed by atoms with E-state index < -0.39 is 41.5 Å². The molecule has 0 saturated heterocycles. The second-order valence-corrected chi connectivity index (χ2v) is 14.0. The summed E-state index contributed by atoms with van der Waals surface area (Å²) in [5.41, 5.74) is 0.230. The first-order valence-electron chi connectivity index (χ1n) is 7.19. The number of nitrogens with one attached hydrogen (secondary N) is 1. The van der Waals surface area contributed by atoms with Crippen molar-refractivity contribution < 1.29 is 35.4 Å². The molecule has 0 fully saturated rings. The van der Waals surface area contributed by atoms with Gasteiger partial charge in [-0.1, -0.05) is 15.9 Å². The van der Waals surface area contributed by atoms with Crippen molar-refractivity contribution in [2.45, 2.75) is 32.0 Å². The summed E-state index contributed by atoms with van der Waals surface area (Å²) in [4.78, 5) is 0. The molecule has 1 N–H and O–H groups in total. The lowest BCUT2D eigenvalue weighted by Gasteiger charge is -2.29. The van der Waals surface area contributed by atoms with Gasteiger partial charge in [0, 0.05) is 10.2 Å². The van der Waals surface area contributed by atoms with Crippen LogP contribution in [0.4, 0.5) is 32.0 Å². The highest BCUT2D eigenvalue weighted by atomic mass is 79.9. The summed E-state index contributed by atoms with van der Waals surface area (Å²) in [5.74, 6) is 0. The minimum atomic E-state index is -4.75. The molecule has 0 saturated carbocycles. The van der Waals surface area contributed by atoms with Crippen LogP contribution in [0.2, 0.25) is 19.6 Å². The van der Waals surface area contributed by atoms with E-state index in [1.807, 2.05) is 0 Å². The number of hydrogen-bond acceptors (Lipinski definition) is 3. The van der Waals surface area contributed by atoms with Crippen LogP contribution in [0.3, 0.4) is 0 Å². The van der Waals surface area contributed by atoms with Crippen LogP contribution in [0, 0.1) is 0 Å². The molecule has 13 heteroatoms. The second kappa shape index (κ2) is 8.64. The lowest BCUT2D eigenvalue weighted by molar-refractivity contribution is -0.163. The maximum absolute atomic E-state index is 12.6. The quantitative estimate of drug-likeness (QED) is 0.261. The first-order chi connectivity index (χ1) is 11.6. The fraction of sp³-hybridized carbons (Fsp3) is 0.538. The SMILES string of the molecule is C[Si](C)(C)N=P(Nc1ccc(Br)cc1)(OCC(F)(F)F)OCC(F)(F)F. The largest absolute Gasteiger partial charge is 0.412 e. The van der Waals surface area contributed by atoms with Crippen LogP contribution < -0.4 is 5.09 Å². The van der Waals surface area contributed by atoms with E-state index in [-0.39, 0.29) is 5.69 Å². The molecule has 0 aliphatic rings. The first kappa shape index (κ1) is 23.5. The number of hydrogen-bond donors (Lipinski definition) is 1. The zero-order chi connectivity index (χ0) is 20.2. The molecule has 0 amide bonds. The van der Waals surface area contributed by atoms with E-state index in [1.165, 1.54) is 12.1 Å². The van der Waals surface area contributed by atoms with Gasteiger partial charge in [0.1, 0.15) is 0 Å². The molecule has 0 aliphatic carbocycles. The smallest absolute Gasteiger partial charge is 0.310 e. The van der Waals surface area contributed by atoms with Crippen LogP contribution in [0.1, 0.15) is 0 Å². The van der Waals surface area contributed by atoms with Gasteiger partial charge in [-0.25, -0.2) is 0 Å². The van der Waals surface area contributed by atoms with Crippen molar-refractivity contribution in [2.24, 2.45) is 4.41 Å². The first-order valence-corrected chi connectivity index (χ1v) is 13.0. The Morgan fingerprint density at radius 3 is 1.73 bits per heavy atom. The molecule has 0 radical (unpaired) electrons. The topological polar surface area (TPSA) is 42.9 Å². The van der Waals surface area contributed by atoms with E-state index in [4.69, 9.17) is 9.05 Å². The highest BCUT2D eigenvalue weighted by Crippen LogP contribution is 2.54. The molecule has 0 aromatic heterocycles. The van der Waals surface area contributed by atoms with Gasteiger partial charge in [0.25, 0.3) is 0 Å². The molecule has 0 spiro atoms.